The standard InChI is InChI=1S/C23H25N3O3/c1-4-24-22(27)17(3)29-23(28)20-15-26(14-18-8-6-5-7-9-18)25-21(20)19-12-10-16(2)11-13-19/h5-13,15,17H,4,14H2,1-3H3,(H,24,27)/t17-/m0/s1. The van der Waals surface area contributed by atoms with Crippen LogP contribution in [0.3, 0.4) is 0 Å². The van der Waals surface area contributed by atoms with E-state index < -0.39 is 12.1 Å². The molecule has 29 heavy (non-hydrogen) atoms. The van der Waals surface area contributed by atoms with E-state index in [-0.39, 0.29) is 5.91 Å². The van der Waals surface area contributed by atoms with Gasteiger partial charge in [0.15, 0.2) is 6.10 Å². The molecule has 2 aromatic carbocycles. The first kappa shape index (κ1) is 20.3. The van der Waals surface area contributed by atoms with Gasteiger partial charge in [-0.25, -0.2) is 4.79 Å². The molecule has 0 radical (unpaired) electrons. The summed E-state index contributed by atoms with van der Waals surface area (Å²) in [5, 5.41) is 7.29. The normalized spacial score (nSPS) is 11.7. The molecule has 0 bridgehead atoms. The number of ether oxygens (including phenoxy) is 1. The predicted molar refractivity (Wildman–Crippen MR) is 112 cm³/mol. The molecule has 0 saturated heterocycles. The van der Waals surface area contributed by atoms with Crippen molar-refractivity contribution in [2.24, 2.45) is 0 Å². The van der Waals surface area contributed by atoms with E-state index in [9.17, 15) is 9.59 Å². The summed E-state index contributed by atoms with van der Waals surface area (Å²) >= 11 is 0. The molecule has 1 aromatic heterocycles. The number of nitrogens with zero attached hydrogens (tertiary/aromatic N) is 2. The maximum absolute atomic E-state index is 12.8. The average molecular weight is 391 g/mol. The minimum absolute atomic E-state index is 0.325. The summed E-state index contributed by atoms with van der Waals surface area (Å²) in [4.78, 5) is 24.8. The smallest absolute Gasteiger partial charge is 0.342 e. The lowest BCUT2D eigenvalue weighted by molar-refractivity contribution is -0.128. The molecule has 1 atom stereocenters. The Labute approximate surface area is 170 Å². The van der Waals surface area contributed by atoms with Crippen LogP contribution >= 0.6 is 0 Å². The van der Waals surface area contributed by atoms with Crippen molar-refractivity contribution >= 4 is 11.9 Å². The number of hydrogen-bond acceptors (Lipinski definition) is 4. The molecule has 6 heteroatoms. The number of aryl methyl sites for hydroxylation is 1. The Morgan fingerprint density at radius 3 is 2.45 bits per heavy atom. The van der Waals surface area contributed by atoms with Gasteiger partial charge in [-0.3, -0.25) is 9.48 Å². The van der Waals surface area contributed by atoms with Crippen molar-refractivity contribution in [1.29, 1.82) is 0 Å². The number of likely N-dealkylation sites (N-methyl/N-ethyl adjacent to an activating group) is 1. The zero-order valence-electron chi connectivity index (χ0n) is 16.9. The molecule has 1 N–H and O–H groups in total. The van der Waals surface area contributed by atoms with Gasteiger partial charge in [0, 0.05) is 18.3 Å². The van der Waals surface area contributed by atoms with Gasteiger partial charge in [-0.2, -0.15) is 5.10 Å². The average Bonchev–Trinajstić information content (AvgIpc) is 3.13. The van der Waals surface area contributed by atoms with Crippen molar-refractivity contribution in [2.75, 3.05) is 6.54 Å². The number of carbonyl (C=O) groups is 2. The number of rotatable bonds is 7. The summed E-state index contributed by atoms with van der Waals surface area (Å²) in [6.45, 7) is 6.38. The summed E-state index contributed by atoms with van der Waals surface area (Å²) in [5.41, 5.74) is 3.88. The van der Waals surface area contributed by atoms with Gasteiger partial charge in [-0.15, -0.1) is 0 Å². The first-order chi connectivity index (χ1) is 14.0. The number of nitrogens with one attached hydrogen (secondary N) is 1. The van der Waals surface area contributed by atoms with E-state index in [4.69, 9.17) is 4.74 Å². The molecule has 0 saturated carbocycles. The van der Waals surface area contributed by atoms with Gasteiger partial charge in [-0.05, 0) is 26.3 Å². The van der Waals surface area contributed by atoms with E-state index in [1.165, 1.54) is 0 Å². The second-order valence-corrected chi connectivity index (χ2v) is 6.88. The molecular formula is C23H25N3O3. The minimum atomic E-state index is -0.884. The number of amides is 1. The van der Waals surface area contributed by atoms with Crippen molar-refractivity contribution < 1.29 is 14.3 Å². The molecular weight excluding hydrogens is 366 g/mol. The predicted octanol–water partition coefficient (Wildman–Crippen LogP) is 3.59. The highest BCUT2D eigenvalue weighted by atomic mass is 16.5. The van der Waals surface area contributed by atoms with E-state index in [1.807, 2.05) is 68.4 Å². The van der Waals surface area contributed by atoms with Gasteiger partial charge in [0.05, 0.1) is 6.54 Å². The van der Waals surface area contributed by atoms with Crippen molar-refractivity contribution in [3.8, 4) is 11.3 Å². The highest BCUT2D eigenvalue weighted by Gasteiger charge is 2.24. The van der Waals surface area contributed by atoms with E-state index in [0.717, 1.165) is 16.7 Å². The van der Waals surface area contributed by atoms with Gasteiger partial charge >= 0.3 is 5.97 Å². The number of hydrogen-bond donors (Lipinski definition) is 1. The Balaban J connectivity index is 1.91. The molecule has 0 spiro atoms. The van der Waals surface area contributed by atoms with Crippen LogP contribution in [0.4, 0.5) is 0 Å². The number of benzene rings is 2. The number of aromatic nitrogens is 2. The number of esters is 1. The van der Waals surface area contributed by atoms with Gasteiger partial charge < -0.3 is 10.1 Å². The fourth-order valence-corrected chi connectivity index (χ4v) is 2.94. The molecule has 0 aliphatic rings. The van der Waals surface area contributed by atoms with E-state index in [2.05, 4.69) is 10.4 Å². The molecule has 0 aliphatic heterocycles. The van der Waals surface area contributed by atoms with Crippen molar-refractivity contribution in [2.45, 2.75) is 33.4 Å². The Bertz CT molecular complexity index is 978. The summed E-state index contributed by atoms with van der Waals surface area (Å²) in [5.74, 6) is -0.895. The van der Waals surface area contributed by atoms with Gasteiger partial charge in [-0.1, -0.05) is 60.2 Å². The van der Waals surface area contributed by atoms with Crippen LogP contribution in [-0.4, -0.2) is 34.3 Å². The minimum Gasteiger partial charge on any atom is -0.449 e. The van der Waals surface area contributed by atoms with Crippen LogP contribution in [0.2, 0.25) is 0 Å². The van der Waals surface area contributed by atoms with Gasteiger partial charge in [0.1, 0.15) is 11.3 Å². The second-order valence-electron chi connectivity index (χ2n) is 6.88. The fourth-order valence-electron chi connectivity index (χ4n) is 2.94. The Kier molecular flexibility index (Phi) is 6.44. The number of carbonyl (C=O) groups excluding carboxylic acids is 2. The van der Waals surface area contributed by atoms with Crippen LogP contribution in [-0.2, 0) is 16.1 Å². The van der Waals surface area contributed by atoms with Crippen molar-refractivity contribution in [1.82, 2.24) is 15.1 Å². The molecule has 0 aliphatic carbocycles. The zero-order valence-corrected chi connectivity index (χ0v) is 16.9. The van der Waals surface area contributed by atoms with Crippen LogP contribution in [0.5, 0.6) is 0 Å². The lowest BCUT2D eigenvalue weighted by atomic mass is 10.1. The Morgan fingerprint density at radius 2 is 1.79 bits per heavy atom. The quantitative estimate of drug-likeness (QED) is 0.625. The Morgan fingerprint density at radius 1 is 1.10 bits per heavy atom. The van der Waals surface area contributed by atoms with Crippen LogP contribution in [0.25, 0.3) is 11.3 Å². The van der Waals surface area contributed by atoms with Crippen LogP contribution in [0, 0.1) is 6.92 Å². The van der Waals surface area contributed by atoms with Crippen LogP contribution in [0.15, 0.2) is 60.8 Å². The summed E-state index contributed by atoms with van der Waals surface area (Å²) < 4.78 is 7.12. The summed E-state index contributed by atoms with van der Waals surface area (Å²) in [6, 6.07) is 17.7. The van der Waals surface area contributed by atoms with E-state index in [0.29, 0.717) is 24.3 Å². The van der Waals surface area contributed by atoms with Crippen molar-refractivity contribution in [3.05, 3.63) is 77.5 Å². The first-order valence-corrected chi connectivity index (χ1v) is 9.65. The molecule has 1 amide bonds. The summed E-state index contributed by atoms with van der Waals surface area (Å²) in [7, 11) is 0. The van der Waals surface area contributed by atoms with Crippen LogP contribution in [0.1, 0.15) is 35.3 Å². The fraction of sp³-hybridized carbons (Fsp3) is 0.261. The Hall–Kier alpha value is -3.41. The van der Waals surface area contributed by atoms with Gasteiger partial charge in [0.25, 0.3) is 5.91 Å². The van der Waals surface area contributed by atoms with Crippen molar-refractivity contribution in [3.63, 3.8) is 0 Å². The third-order valence-corrected chi connectivity index (χ3v) is 4.50. The molecule has 0 unspecified atom stereocenters. The zero-order chi connectivity index (χ0) is 20.8. The molecule has 3 rings (SSSR count). The lowest BCUT2D eigenvalue weighted by Crippen LogP contribution is -2.35. The third-order valence-electron chi connectivity index (χ3n) is 4.50. The largest absolute Gasteiger partial charge is 0.449 e. The monoisotopic (exact) mass is 391 g/mol. The maximum atomic E-state index is 12.8. The molecule has 6 nitrogen and oxygen atoms in total. The second kappa shape index (κ2) is 9.19. The van der Waals surface area contributed by atoms with Gasteiger partial charge in [0.2, 0.25) is 0 Å². The molecule has 3 aromatic rings. The lowest BCUT2D eigenvalue weighted by Gasteiger charge is -2.12. The first-order valence-electron chi connectivity index (χ1n) is 9.65. The third kappa shape index (κ3) is 5.10. The van der Waals surface area contributed by atoms with Crippen LogP contribution < -0.4 is 5.32 Å². The van der Waals surface area contributed by atoms with E-state index >= 15 is 0 Å². The molecule has 150 valence electrons. The SMILES string of the molecule is CCNC(=O)[C@H](C)OC(=O)c1cn(Cc2ccccc2)nc1-c1ccc(C)cc1. The topological polar surface area (TPSA) is 73.2 Å². The molecule has 0 fully saturated rings. The summed E-state index contributed by atoms with van der Waals surface area (Å²) in [6.07, 6.45) is 0.792. The highest BCUT2D eigenvalue weighted by molar-refractivity contribution is 5.97. The maximum Gasteiger partial charge on any atom is 0.342 e. The molecule has 1 heterocycles. The highest BCUT2D eigenvalue weighted by Crippen LogP contribution is 2.24. The van der Waals surface area contributed by atoms with E-state index in [1.54, 1.807) is 17.8 Å².